The van der Waals surface area contributed by atoms with Crippen molar-refractivity contribution < 1.29 is 35.9 Å². The van der Waals surface area contributed by atoms with Gasteiger partial charge in [-0.15, -0.1) is 0 Å². The number of anilines is 1. The number of alkyl halides is 6. The number of likely N-dealkylation sites (N-methyl/N-ethyl adjacent to an activating group) is 1. The van der Waals surface area contributed by atoms with Crippen molar-refractivity contribution in [3.63, 3.8) is 0 Å². The zero-order chi connectivity index (χ0) is 25.3. The molecule has 3 rings (SSSR count). The Labute approximate surface area is 195 Å². The van der Waals surface area contributed by atoms with Crippen LogP contribution in [0.5, 0.6) is 5.75 Å². The van der Waals surface area contributed by atoms with Gasteiger partial charge in [-0.2, -0.15) is 26.3 Å². The van der Waals surface area contributed by atoms with E-state index in [1.165, 1.54) is 0 Å². The van der Waals surface area contributed by atoms with E-state index < -0.39 is 35.0 Å². The van der Waals surface area contributed by atoms with Crippen LogP contribution in [0.15, 0.2) is 36.4 Å². The Morgan fingerprint density at radius 2 is 1.62 bits per heavy atom. The fourth-order valence-electron chi connectivity index (χ4n) is 3.12. The number of carbonyl (C=O) groups excluding carboxylic acids is 1. The highest BCUT2D eigenvalue weighted by atomic mass is 32.1. The quantitative estimate of drug-likeness (QED) is 0.373. The van der Waals surface area contributed by atoms with Gasteiger partial charge in [0.05, 0.1) is 22.4 Å². The molecule has 0 saturated heterocycles. The van der Waals surface area contributed by atoms with Crippen molar-refractivity contribution >= 4 is 32.6 Å². The van der Waals surface area contributed by atoms with E-state index in [0.29, 0.717) is 41.3 Å². The molecule has 2 aromatic carbocycles. The standard InChI is InChI=1S/C22H21F6N3O2S/c1-4-33-16-6-5-7-17-18(16)29-20(34-17)31(9-8-30(2)3)19(32)13-10-14(21(23,24)25)12-15(11-13)22(26,27)28/h5-7,10-12H,4,8-9H2,1-3H3. The summed E-state index contributed by atoms with van der Waals surface area (Å²) < 4.78 is 86.1. The van der Waals surface area contributed by atoms with Gasteiger partial charge in [-0.05, 0) is 51.4 Å². The molecule has 0 aliphatic heterocycles. The number of benzene rings is 2. The van der Waals surface area contributed by atoms with Crippen LogP contribution in [0.4, 0.5) is 31.5 Å². The highest BCUT2D eigenvalue weighted by Crippen LogP contribution is 2.38. The summed E-state index contributed by atoms with van der Waals surface area (Å²) in [5.74, 6) is -0.559. The maximum absolute atomic E-state index is 13.3. The predicted octanol–water partition coefficient (Wildman–Crippen LogP) is 5.94. The lowest BCUT2D eigenvalue weighted by atomic mass is 10.0. The number of thiazole rings is 1. The van der Waals surface area contributed by atoms with Gasteiger partial charge in [0.2, 0.25) is 0 Å². The first-order valence-electron chi connectivity index (χ1n) is 10.1. The Kier molecular flexibility index (Phi) is 7.41. The summed E-state index contributed by atoms with van der Waals surface area (Å²) >= 11 is 1.09. The zero-order valence-corrected chi connectivity index (χ0v) is 19.2. The van der Waals surface area contributed by atoms with Crippen LogP contribution in [0, 0.1) is 0 Å². The van der Waals surface area contributed by atoms with Gasteiger partial charge in [0.1, 0.15) is 11.3 Å². The SMILES string of the molecule is CCOc1cccc2sc(N(CCN(C)C)C(=O)c3cc(C(F)(F)F)cc(C(F)(F)F)c3)nc12. The molecule has 0 aliphatic rings. The van der Waals surface area contributed by atoms with Gasteiger partial charge in [-0.3, -0.25) is 9.69 Å². The first-order chi connectivity index (χ1) is 15.8. The normalized spacial score (nSPS) is 12.4. The van der Waals surface area contributed by atoms with Gasteiger partial charge in [0.15, 0.2) is 5.13 Å². The van der Waals surface area contributed by atoms with Crippen LogP contribution < -0.4 is 9.64 Å². The molecule has 0 spiro atoms. The van der Waals surface area contributed by atoms with E-state index >= 15 is 0 Å². The smallest absolute Gasteiger partial charge is 0.416 e. The summed E-state index contributed by atoms with van der Waals surface area (Å²) in [7, 11) is 3.44. The maximum atomic E-state index is 13.3. The van der Waals surface area contributed by atoms with Crippen molar-refractivity contribution in [3.05, 3.63) is 53.1 Å². The average Bonchev–Trinajstić information content (AvgIpc) is 3.17. The van der Waals surface area contributed by atoms with E-state index in [2.05, 4.69) is 4.98 Å². The fraction of sp³-hybridized carbons (Fsp3) is 0.364. The first-order valence-corrected chi connectivity index (χ1v) is 10.9. The maximum Gasteiger partial charge on any atom is 0.416 e. The minimum atomic E-state index is -5.06. The highest BCUT2D eigenvalue weighted by Gasteiger charge is 2.38. The molecular formula is C22H21F6N3O2S. The number of halogens is 6. The summed E-state index contributed by atoms with van der Waals surface area (Å²) in [5.41, 5.74) is -3.39. The minimum absolute atomic E-state index is 0.00673. The van der Waals surface area contributed by atoms with Gasteiger partial charge in [0.25, 0.3) is 5.91 Å². The minimum Gasteiger partial charge on any atom is -0.492 e. The number of para-hydroxylation sites is 1. The molecule has 0 aliphatic carbocycles. The second-order valence-corrected chi connectivity index (χ2v) is 8.60. The van der Waals surface area contributed by atoms with Crippen molar-refractivity contribution in [2.24, 2.45) is 0 Å². The Balaban J connectivity index is 2.12. The van der Waals surface area contributed by atoms with Crippen molar-refractivity contribution in [2.75, 3.05) is 38.7 Å². The molecule has 0 saturated carbocycles. The second kappa shape index (κ2) is 9.79. The summed E-state index contributed by atoms with van der Waals surface area (Å²) in [6.07, 6.45) is -10.1. The zero-order valence-electron chi connectivity index (χ0n) is 18.4. The summed E-state index contributed by atoms with van der Waals surface area (Å²) in [6.45, 7) is 2.43. The lowest BCUT2D eigenvalue weighted by Gasteiger charge is -2.23. The lowest BCUT2D eigenvalue weighted by molar-refractivity contribution is -0.143. The third kappa shape index (κ3) is 5.79. The molecule has 0 bridgehead atoms. The van der Waals surface area contributed by atoms with Crippen LogP contribution in [0.2, 0.25) is 0 Å². The topological polar surface area (TPSA) is 45.7 Å². The molecule has 1 aromatic heterocycles. The molecule has 184 valence electrons. The molecule has 0 radical (unpaired) electrons. The average molecular weight is 505 g/mol. The van der Waals surface area contributed by atoms with Crippen molar-refractivity contribution in [1.82, 2.24) is 9.88 Å². The molecule has 5 nitrogen and oxygen atoms in total. The Morgan fingerprint density at radius 1 is 1.00 bits per heavy atom. The van der Waals surface area contributed by atoms with Crippen LogP contribution in [-0.2, 0) is 12.4 Å². The van der Waals surface area contributed by atoms with E-state index in [4.69, 9.17) is 4.74 Å². The molecule has 0 unspecified atom stereocenters. The van der Waals surface area contributed by atoms with Crippen LogP contribution in [0.1, 0.15) is 28.4 Å². The van der Waals surface area contributed by atoms with Crippen molar-refractivity contribution in [1.29, 1.82) is 0 Å². The first kappa shape index (κ1) is 25.8. The van der Waals surface area contributed by atoms with E-state index in [1.807, 2.05) is 0 Å². The number of carbonyl (C=O) groups is 1. The molecular weight excluding hydrogens is 484 g/mol. The molecule has 0 N–H and O–H groups in total. The number of hydrogen-bond acceptors (Lipinski definition) is 5. The van der Waals surface area contributed by atoms with Crippen LogP contribution in [0.25, 0.3) is 10.2 Å². The molecule has 34 heavy (non-hydrogen) atoms. The third-order valence-electron chi connectivity index (χ3n) is 4.75. The van der Waals surface area contributed by atoms with Gasteiger partial charge in [-0.25, -0.2) is 4.98 Å². The monoisotopic (exact) mass is 505 g/mol. The van der Waals surface area contributed by atoms with Crippen molar-refractivity contribution in [3.8, 4) is 5.75 Å². The second-order valence-electron chi connectivity index (χ2n) is 7.59. The van der Waals surface area contributed by atoms with Crippen LogP contribution in [-0.4, -0.2) is 49.6 Å². The van der Waals surface area contributed by atoms with E-state index in [0.717, 1.165) is 16.2 Å². The Bertz CT molecular complexity index is 1140. The molecule has 1 heterocycles. The largest absolute Gasteiger partial charge is 0.492 e. The number of rotatable bonds is 7. The number of hydrogen-bond donors (Lipinski definition) is 0. The number of amides is 1. The lowest BCUT2D eigenvalue weighted by Crippen LogP contribution is -2.37. The molecule has 3 aromatic rings. The Hall–Kier alpha value is -2.86. The molecule has 0 atom stereocenters. The Morgan fingerprint density at radius 3 is 2.15 bits per heavy atom. The fourth-order valence-corrected chi connectivity index (χ4v) is 4.12. The number of fused-ring (bicyclic) bond motifs is 1. The predicted molar refractivity (Wildman–Crippen MR) is 117 cm³/mol. The van der Waals surface area contributed by atoms with E-state index in [1.54, 1.807) is 44.1 Å². The summed E-state index contributed by atoms with van der Waals surface area (Å²) in [4.78, 5) is 20.6. The van der Waals surface area contributed by atoms with Gasteiger partial charge in [-0.1, -0.05) is 17.4 Å². The van der Waals surface area contributed by atoms with E-state index in [9.17, 15) is 31.1 Å². The third-order valence-corrected chi connectivity index (χ3v) is 5.80. The highest BCUT2D eigenvalue weighted by molar-refractivity contribution is 7.22. The van der Waals surface area contributed by atoms with Crippen molar-refractivity contribution in [2.45, 2.75) is 19.3 Å². The number of nitrogens with zero attached hydrogens (tertiary/aromatic N) is 3. The van der Waals surface area contributed by atoms with Gasteiger partial charge in [0, 0.05) is 18.7 Å². The van der Waals surface area contributed by atoms with E-state index in [-0.39, 0.29) is 17.7 Å². The summed E-state index contributed by atoms with van der Waals surface area (Å²) in [5, 5.41) is 0.139. The molecule has 1 amide bonds. The van der Waals surface area contributed by atoms with Gasteiger partial charge >= 0.3 is 12.4 Å². The number of aromatic nitrogens is 1. The van der Waals surface area contributed by atoms with Crippen LogP contribution in [0.3, 0.4) is 0 Å². The number of ether oxygens (including phenoxy) is 1. The molecule has 0 fully saturated rings. The summed E-state index contributed by atoms with van der Waals surface area (Å²) in [6, 6.07) is 6.00. The van der Waals surface area contributed by atoms with Crippen LogP contribution >= 0.6 is 11.3 Å². The molecule has 12 heteroatoms. The van der Waals surface area contributed by atoms with Gasteiger partial charge < -0.3 is 9.64 Å².